The lowest BCUT2D eigenvalue weighted by Crippen LogP contribution is -2.17. The zero-order valence-electron chi connectivity index (χ0n) is 7.44. The Morgan fingerprint density at radius 1 is 1.60 bits per heavy atom. The van der Waals surface area contributed by atoms with Gasteiger partial charge in [0.15, 0.2) is 6.10 Å². The van der Waals surface area contributed by atoms with E-state index in [0.717, 1.165) is 18.3 Å². The van der Waals surface area contributed by atoms with Gasteiger partial charge in [-0.1, -0.05) is 0 Å². The first-order valence-corrected chi connectivity index (χ1v) is 3.92. The molecule has 0 saturated heterocycles. The van der Waals surface area contributed by atoms with Crippen LogP contribution in [0.3, 0.4) is 0 Å². The summed E-state index contributed by atoms with van der Waals surface area (Å²) in [7, 11) is 0. The smallest absolute Gasteiger partial charge is 0.272 e. The molecule has 1 rings (SSSR count). The second kappa shape index (κ2) is 4.45. The maximum Gasteiger partial charge on any atom is 0.272 e. The van der Waals surface area contributed by atoms with Crippen LogP contribution in [0.2, 0.25) is 0 Å². The molecule has 1 aromatic rings. The van der Waals surface area contributed by atoms with E-state index in [9.17, 15) is 15.2 Å². The molecule has 0 radical (unpaired) electrons. The Labute approximate surface area is 84.4 Å². The van der Waals surface area contributed by atoms with Gasteiger partial charge in [0, 0.05) is 18.3 Å². The number of hydrogen-bond donors (Lipinski definition) is 2. The number of aliphatic hydroxyl groups is 2. The van der Waals surface area contributed by atoms with Crippen LogP contribution in [0, 0.1) is 21.4 Å². The lowest BCUT2D eigenvalue weighted by atomic mass is 10.1. The second-order valence-corrected chi connectivity index (χ2v) is 2.71. The van der Waals surface area contributed by atoms with Gasteiger partial charge in [0.2, 0.25) is 0 Å². The van der Waals surface area contributed by atoms with Crippen molar-refractivity contribution in [3.05, 3.63) is 34.1 Å². The van der Waals surface area contributed by atoms with Crippen LogP contribution in [0.4, 0.5) is 5.69 Å². The van der Waals surface area contributed by atoms with Gasteiger partial charge in [-0.25, -0.2) is 0 Å². The topological polar surface area (TPSA) is 120 Å². The van der Waals surface area contributed by atoms with Crippen molar-refractivity contribution >= 4 is 5.69 Å². The van der Waals surface area contributed by atoms with E-state index < -0.39 is 17.1 Å². The average Bonchev–Trinajstić information content (AvgIpc) is 2.27. The Balaban J connectivity index is 3.01. The molecule has 0 fully saturated rings. The number of nitriles is 1. The average molecular weight is 209 g/mol. The molecule has 0 aliphatic heterocycles. The number of nitro groups is 1. The fourth-order valence-electron chi connectivity index (χ4n) is 0.944. The predicted molar refractivity (Wildman–Crippen MR) is 47.5 cm³/mol. The third kappa shape index (κ3) is 2.46. The van der Waals surface area contributed by atoms with Crippen molar-refractivity contribution in [1.82, 2.24) is 4.98 Å². The number of pyridine rings is 1. The van der Waals surface area contributed by atoms with Crippen molar-refractivity contribution in [1.29, 1.82) is 5.26 Å². The number of rotatable bonds is 3. The first kappa shape index (κ1) is 11.0. The molecular weight excluding hydrogens is 202 g/mol. The Morgan fingerprint density at radius 3 is 2.80 bits per heavy atom. The summed E-state index contributed by atoms with van der Waals surface area (Å²) in [6.45, 7) is 0. The fourth-order valence-corrected chi connectivity index (χ4v) is 0.944. The van der Waals surface area contributed by atoms with Gasteiger partial charge < -0.3 is 10.2 Å². The van der Waals surface area contributed by atoms with Gasteiger partial charge in [0.05, 0.1) is 16.7 Å². The molecule has 0 saturated carbocycles. The van der Waals surface area contributed by atoms with Crippen LogP contribution < -0.4 is 0 Å². The van der Waals surface area contributed by atoms with E-state index in [0.29, 0.717) is 0 Å². The van der Waals surface area contributed by atoms with Gasteiger partial charge in [-0.2, -0.15) is 5.26 Å². The molecule has 2 unspecified atom stereocenters. The first-order chi connectivity index (χ1) is 7.06. The largest absolute Gasteiger partial charge is 0.383 e. The van der Waals surface area contributed by atoms with E-state index in [4.69, 9.17) is 10.4 Å². The van der Waals surface area contributed by atoms with E-state index in [2.05, 4.69) is 4.98 Å². The normalized spacial score (nSPS) is 13.9. The van der Waals surface area contributed by atoms with Crippen LogP contribution >= 0.6 is 0 Å². The minimum Gasteiger partial charge on any atom is -0.383 e. The minimum atomic E-state index is -1.65. The minimum absolute atomic E-state index is 0.113. The monoisotopic (exact) mass is 209 g/mol. The molecule has 0 bridgehead atoms. The van der Waals surface area contributed by atoms with E-state index in [1.807, 2.05) is 0 Å². The van der Waals surface area contributed by atoms with Crippen molar-refractivity contribution in [2.75, 3.05) is 0 Å². The zero-order chi connectivity index (χ0) is 11.4. The molecule has 1 aromatic heterocycles. The molecule has 0 aliphatic carbocycles. The summed E-state index contributed by atoms with van der Waals surface area (Å²) in [5.74, 6) is 0. The molecule has 78 valence electrons. The van der Waals surface area contributed by atoms with Crippen LogP contribution in [0.1, 0.15) is 11.8 Å². The van der Waals surface area contributed by atoms with E-state index >= 15 is 0 Å². The highest BCUT2D eigenvalue weighted by Crippen LogP contribution is 2.18. The van der Waals surface area contributed by atoms with Gasteiger partial charge >= 0.3 is 0 Å². The highest BCUT2D eigenvalue weighted by Gasteiger charge is 2.20. The van der Waals surface area contributed by atoms with E-state index in [1.54, 1.807) is 0 Å². The van der Waals surface area contributed by atoms with Crippen molar-refractivity contribution in [3.8, 4) is 6.07 Å². The summed E-state index contributed by atoms with van der Waals surface area (Å²) in [6, 6.07) is 3.56. The molecule has 0 spiro atoms. The van der Waals surface area contributed by atoms with Gasteiger partial charge in [-0.15, -0.1) is 0 Å². The van der Waals surface area contributed by atoms with E-state index in [-0.39, 0.29) is 11.4 Å². The summed E-state index contributed by atoms with van der Waals surface area (Å²) in [5, 5.41) is 37.0. The SMILES string of the molecule is N#CC(O)C(O)c1cc([N+](=O)[O-])ccn1. The Hall–Kier alpha value is -2.04. The molecule has 2 N–H and O–H groups in total. The van der Waals surface area contributed by atoms with Crippen LogP contribution in [0.5, 0.6) is 0 Å². The van der Waals surface area contributed by atoms with Crippen molar-refractivity contribution < 1.29 is 15.1 Å². The highest BCUT2D eigenvalue weighted by atomic mass is 16.6. The Bertz CT molecular complexity index is 415. The molecule has 15 heavy (non-hydrogen) atoms. The molecule has 0 aromatic carbocycles. The molecule has 0 aliphatic rings. The third-order valence-electron chi connectivity index (χ3n) is 1.71. The van der Waals surface area contributed by atoms with Gasteiger partial charge in [-0.3, -0.25) is 15.1 Å². The quantitative estimate of drug-likeness (QED) is 0.407. The molecule has 0 amide bonds. The number of hydrogen-bond acceptors (Lipinski definition) is 6. The summed E-state index contributed by atoms with van der Waals surface area (Å²) in [5.41, 5.74) is -0.373. The maximum absolute atomic E-state index is 10.4. The van der Waals surface area contributed by atoms with Gasteiger partial charge in [-0.05, 0) is 0 Å². The zero-order valence-corrected chi connectivity index (χ0v) is 7.44. The predicted octanol–water partition coefficient (Wildman–Crippen LogP) is -0.0923. The Kier molecular flexibility index (Phi) is 3.28. The van der Waals surface area contributed by atoms with Crippen LogP contribution in [0.15, 0.2) is 18.3 Å². The summed E-state index contributed by atoms with van der Waals surface area (Å²) >= 11 is 0. The number of aromatic nitrogens is 1. The van der Waals surface area contributed by atoms with E-state index in [1.165, 1.54) is 6.07 Å². The summed E-state index contributed by atoms with van der Waals surface area (Å²) in [6.07, 6.45) is -2.07. The summed E-state index contributed by atoms with van der Waals surface area (Å²) < 4.78 is 0. The number of nitrogens with zero attached hydrogens (tertiary/aromatic N) is 3. The molecule has 2 atom stereocenters. The lowest BCUT2D eigenvalue weighted by Gasteiger charge is -2.09. The fraction of sp³-hybridized carbons (Fsp3) is 0.250. The van der Waals surface area contributed by atoms with Crippen LogP contribution in [-0.2, 0) is 0 Å². The van der Waals surface area contributed by atoms with Crippen LogP contribution in [0.25, 0.3) is 0 Å². The van der Waals surface area contributed by atoms with Crippen molar-refractivity contribution in [3.63, 3.8) is 0 Å². The van der Waals surface area contributed by atoms with Crippen molar-refractivity contribution in [2.45, 2.75) is 12.2 Å². The lowest BCUT2D eigenvalue weighted by molar-refractivity contribution is -0.385. The number of aliphatic hydroxyl groups excluding tert-OH is 2. The molecule has 7 heteroatoms. The third-order valence-corrected chi connectivity index (χ3v) is 1.71. The van der Waals surface area contributed by atoms with Gasteiger partial charge in [0.1, 0.15) is 6.10 Å². The van der Waals surface area contributed by atoms with Crippen molar-refractivity contribution in [2.24, 2.45) is 0 Å². The summed E-state index contributed by atoms with van der Waals surface area (Å²) in [4.78, 5) is 13.4. The standard InChI is InChI=1S/C8H7N3O4/c9-4-7(12)8(13)6-3-5(11(14)15)1-2-10-6/h1-3,7-8,12-13H. The van der Waals surface area contributed by atoms with Crippen LogP contribution in [-0.4, -0.2) is 26.2 Å². The Morgan fingerprint density at radius 2 is 2.27 bits per heavy atom. The second-order valence-electron chi connectivity index (χ2n) is 2.71. The first-order valence-electron chi connectivity index (χ1n) is 3.92. The molecule has 1 heterocycles. The van der Waals surface area contributed by atoms with Gasteiger partial charge in [0.25, 0.3) is 5.69 Å². The molecule has 7 nitrogen and oxygen atoms in total. The maximum atomic E-state index is 10.4. The highest BCUT2D eigenvalue weighted by molar-refractivity contribution is 5.31. The molecular formula is C8H7N3O4.